The lowest BCUT2D eigenvalue weighted by molar-refractivity contribution is 0.776. The Kier molecular flexibility index (Phi) is 6.27. The molecule has 0 heterocycles. The van der Waals surface area contributed by atoms with Gasteiger partial charge in [0.25, 0.3) is 0 Å². The average molecular weight is 341 g/mol. The highest BCUT2D eigenvalue weighted by Gasteiger charge is 2.11. The van der Waals surface area contributed by atoms with Crippen LogP contribution >= 0.6 is 0 Å². The van der Waals surface area contributed by atoms with Crippen LogP contribution in [0.4, 0.5) is 5.69 Å². The zero-order valence-electron chi connectivity index (χ0n) is 15.6. The normalized spacial score (nSPS) is 10.5. The van der Waals surface area contributed by atoms with Crippen LogP contribution in [0, 0.1) is 0 Å². The first kappa shape index (κ1) is 18.0. The Morgan fingerprint density at radius 1 is 0.808 bits per heavy atom. The first-order valence-electron chi connectivity index (χ1n) is 9.38. The zero-order valence-corrected chi connectivity index (χ0v) is 15.6. The van der Waals surface area contributed by atoms with Gasteiger partial charge in [-0.3, -0.25) is 0 Å². The second-order valence-electron chi connectivity index (χ2n) is 6.59. The summed E-state index contributed by atoms with van der Waals surface area (Å²) >= 11 is 0. The second kappa shape index (κ2) is 9.05. The first-order chi connectivity index (χ1) is 12.8. The number of hydrogen-bond donors (Lipinski definition) is 0. The highest BCUT2D eigenvalue weighted by Crippen LogP contribution is 2.23. The Morgan fingerprint density at radius 3 is 2.19 bits per heavy atom. The molecule has 3 aromatic rings. The van der Waals surface area contributed by atoms with E-state index in [0.29, 0.717) is 0 Å². The minimum absolute atomic E-state index is 0.933. The molecule has 0 atom stereocenters. The molecule has 26 heavy (non-hydrogen) atoms. The van der Waals surface area contributed by atoms with Crippen LogP contribution in [-0.4, -0.2) is 6.54 Å². The lowest BCUT2D eigenvalue weighted by atomic mass is 10.1. The lowest BCUT2D eigenvalue weighted by Gasteiger charge is -2.27. The molecule has 0 aliphatic heterocycles. The van der Waals surface area contributed by atoms with Gasteiger partial charge in [0, 0.05) is 18.8 Å². The summed E-state index contributed by atoms with van der Waals surface area (Å²) in [5.41, 5.74) is 6.64. The van der Waals surface area contributed by atoms with Crippen molar-refractivity contribution in [2.24, 2.45) is 0 Å². The van der Waals surface area contributed by atoms with Crippen LogP contribution in [0.1, 0.15) is 29.2 Å². The molecule has 3 rings (SSSR count). The predicted molar refractivity (Wildman–Crippen MR) is 114 cm³/mol. The van der Waals surface area contributed by atoms with Gasteiger partial charge in [0.2, 0.25) is 0 Å². The number of anilines is 1. The van der Waals surface area contributed by atoms with E-state index in [1.807, 2.05) is 6.08 Å². The quantitative estimate of drug-likeness (QED) is 0.475. The molecule has 0 unspecified atom stereocenters. The van der Waals surface area contributed by atoms with E-state index in [9.17, 15) is 0 Å². The summed E-state index contributed by atoms with van der Waals surface area (Å²) in [6.07, 6.45) is 3.97. The SMILES string of the molecule is C=Cc1ccc(CCN(Cc2ccccc2)c2ccccc2CC)cc1. The minimum atomic E-state index is 0.933. The maximum absolute atomic E-state index is 3.83. The summed E-state index contributed by atoms with van der Waals surface area (Å²) in [4.78, 5) is 2.51. The van der Waals surface area contributed by atoms with Gasteiger partial charge < -0.3 is 4.90 Å². The largest absolute Gasteiger partial charge is 0.367 e. The minimum Gasteiger partial charge on any atom is -0.367 e. The van der Waals surface area contributed by atoms with E-state index in [1.165, 1.54) is 27.9 Å². The third kappa shape index (κ3) is 4.64. The monoisotopic (exact) mass is 341 g/mol. The number of aryl methyl sites for hydroxylation is 1. The molecule has 0 fully saturated rings. The van der Waals surface area contributed by atoms with Crippen LogP contribution in [0.15, 0.2) is 85.4 Å². The Bertz CT molecular complexity index is 818. The van der Waals surface area contributed by atoms with Gasteiger partial charge in [-0.15, -0.1) is 0 Å². The van der Waals surface area contributed by atoms with Crippen molar-refractivity contribution in [1.82, 2.24) is 0 Å². The number of para-hydroxylation sites is 1. The third-order valence-corrected chi connectivity index (χ3v) is 4.82. The molecule has 0 spiro atoms. The molecule has 0 radical (unpaired) electrons. The van der Waals surface area contributed by atoms with Crippen LogP contribution < -0.4 is 4.90 Å². The van der Waals surface area contributed by atoms with Gasteiger partial charge in [-0.2, -0.15) is 0 Å². The van der Waals surface area contributed by atoms with Crippen molar-refractivity contribution in [2.45, 2.75) is 26.3 Å². The summed E-state index contributed by atoms with van der Waals surface area (Å²) in [5.74, 6) is 0. The van der Waals surface area contributed by atoms with Crippen LogP contribution in [0.25, 0.3) is 6.08 Å². The summed E-state index contributed by atoms with van der Waals surface area (Å²) < 4.78 is 0. The maximum atomic E-state index is 3.83. The molecule has 0 N–H and O–H groups in total. The van der Waals surface area contributed by atoms with Crippen molar-refractivity contribution in [1.29, 1.82) is 0 Å². The summed E-state index contributed by atoms with van der Waals surface area (Å²) in [7, 11) is 0. The third-order valence-electron chi connectivity index (χ3n) is 4.82. The lowest BCUT2D eigenvalue weighted by Crippen LogP contribution is -2.26. The van der Waals surface area contributed by atoms with Crippen LogP contribution in [0.5, 0.6) is 0 Å². The molecular formula is C25H27N. The van der Waals surface area contributed by atoms with Gasteiger partial charge in [-0.05, 0) is 41.2 Å². The van der Waals surface area contributed by atoms with Crippen LogP contribution in [0.3, 0.4) is 0 Å². The van der Waals surface area contributed by atoms with Crippen molar-refractivity contribution in [3.63, 3.8) is 0 Å². The first-order valence-corrected chi connectivity index (χ1v) is 9.38. The highest BCUT2D eigenvalue weighted by atomic mass is 15.1. The number of rotatable bonds is 8. The Hall–Kier alpha value is -2.80. The smallest absolute Gasteiger partial charge is 0.0429 e. The van der Waals surface area contributed by atoms with Gasteiger partial charge in [-0.25, -0.2) is 0 Å². The maximum Gasteiger partial charge on any atom is 0.0429 e. The van der Waals surface area contributed by atoms with Crippen LogP contribution in [0.2, 0.25) is 0 Å². The van der Waals surface area contributed by atoms with E-state index in [0.717, 1.165) is 25.9 Å². The molecule has 3 aromatic carbocycles. The van der Waals surface area contributed by atoms with E-state index < -0.39 is 0 Å². The van der Waals surface area contributed by atoms with Crippen molar-refractivity contribution < 1.29 is 0 Å². The van der Waals surface area contributed by atoms with E-state index >= 15 is 0 Å². The Labute approximate surface area is 157 Å². The summed E-state index contributed by atoms with van der Waals surface area (Å²) in [6, 6.07) is 28.2. The molecule has 0 aliphatic rings. The molecule has 0 bridgehead atoms. The molecular weight excluding hydrogens is 314 g/mol. The highest BCUT2D eigenvalue weighted by molar-refractivity contribution is 5.54. The van der Waals surface area contributed by atoms with Gasteiger partial charge in [0.15, 0.2) is 0 Å². The van der Waals surface area contributed by atoms with Crippen molar-refractivity contribution in [2.75, 3.05) is 11.4 Å². The fourth-order valence-electron chi connectivity index (χ4n) is 3.29. The molecule has 0 aromatic heterocycles. The van der Waals surface area contributed by atoms with E-state index in [4.69, 9.17) is 0 Å². The molecule has 1 nitrogen and oxygen atoms in total. The molecule has 132 valence electrons. The predicted octanol–water partition coefficient (Wildman–Crippen LogP) is 6.14. The van der Waals surface area contributed by atoms with Gasteiger partial charge in [-0.1, -0.05) is 92.4 Å². The van der Waals surface area contributed by atoms with E-state index in [1.54, 1.807) is 0 Å². The van der Waals surface area contributed by atoms with Crippen molar-refractivity contribution in [3.8, 4) is 0 Å². The molecule has 1 heteroatoms. The van der Waals surface area contributed by atoms with Gasteiger partial charge in [0.05, 0.1) is 0 Å². The topological polar surface area (TPSA) is 3.24 Å². The van der Waals surface area contributed by atoms with Gasteiger partial charge >= 0.3 is 0 Å². The molecule has 0 saturated carbocycles. The molecule has 0 saturated heterocycles. The second-order valence-corrected chi connectivity index (χ2v) is 6.59. The molecule has 0 aliphatic carbocycles. The number of benzene rings is 3. The standard InChI is InChI=1S/C25H27N/c1-3-21-14-16-22(17-15-21)18-19-26(20-23-10-6-5-7-11-23)25-13-9-8-12-24(25)4-2/h3,5-17H,1,4,18-20H2,2H3. The summed E-state index contributed by atoms with van der Waals surface area (Å²) in [5, 5.41) is 0. The number of nitrogens with zero attached hydrogens (tertiary/aromatic N) is 1. The van der Waals surface area contributed by atoms with Crippen molar-refractivity contribution in [3.05, 3.63) is 108 Å². The number of hydrogen-bond acceptors (Lipinski definition) is 1. The Balaban J connectivity index is 1.81. The summed E-state index contributed by atoms with van der Waals surface area (Å²) in [6.45, 7) is 7.99. The average Bonchev–Trinajstić information content (AvgIpc) is 2.72. The van der Waals surface area contributed by atoms with E-state index in [-0.39, 0.29) is 0 Å². The van der Waals surface area contributed by atoms with Crippen LogP contribution in [-0.2, 0) is 19.4 Å². The zero-order chi connectivity index (χ0) is 18.2. The fourth-order valence-corrected chi connectivity index (χ4v) is 3.29. The fraction of sp³-hybridized carbons (Fsp3) is 0.200. The van der Waals surface area contributed by atoms with Crippen molar-refractivity contribution >= 4 is 11.8 Å². The Morgan fingerprint density at radius 2 is 1.50 bits per heavy atom. The molecule has 0 amide bonds. The van der Waals surface area contributed by atoms with Gasteiger partial charge in [0.1, 0.15) is 0 Å². The van der Waals surface area contributed by atoms with E-state index in [2.05, 4.69) is 97.3 Å².